The first-order chi connectivity index (χ1) is 18.4. The molecule has 0 radical (unpaired) electrons. The topological polar surface area (TPSA) is 183 Å². The van der Waals surface area contributed by atoms with Crippen LogP contribution >= 0.6 is 0 Å². The number of aliphatic imine (C=N–C) groups is 1. The van der Waals surface area contributed by atoms with Gasteiger partial charge in [0.15, 0.2) is 30.6 Å². The van der Waals surface area contributed by atoms with Gasteiger partial charge in [0.1, 0.15) is 18.5 Å². The zero-order valence-electron chi connectivity index (χ0n) is 22.1. The van der Waals surface area contributed by atoms with Crippen molar-refractivity contribution in [3.8, 4) is 5.75 Å². The summed E-state index contributed by atoms with van der Waals surface area (Å²) in [7, 11) is 1.51. The van der Waals surface area contributed by atoms with Crippen LogP contribution in [0.25, 0.3) is 0 Å². The van der Waals surface area contributed by atoms with Crippen molar-refractivity contribution in [2.45, 2.75) is 64.4 Å². The molecular weight excluding hydrogens is 522 g/mol. The van der Waals surface area contributed by atoms with Gasteiger partial charge in [-0.05, 0) is 29.8 Å². The van der Waals surface area contributed by atoms with Crippen molar-refractivity contribution in [3.05, 3.63) is 29.8 Å². The zero-order valence-corrected chi connectivity index (χ0v) is 22.1. The highest BCUT2D eigenvalue weighted by atomic mass is 16.7. The number of ether oxygens (including phenoxy) is 7. The van der Waals surface area contributed by atoms with Crippen molar-refractivity contribution < 1.29 is 62.2 Å². The van der Waals surface area contributed by atoms with E-state index < -0.39 is 79.8 Å². The molecule has 1 aromatic carbocycles. The lowest BCUT2D eigenvalue weighted by Crippen LogP contribution is -2.63. The van der Waals surface area contributed by atoms with E-state index in [0.717, 1.165) is 27.7 Å². The number of carboxylic acid groups (broad SMARTS) is 1. The molecule has 0 spiro atoms. The third-order valence-electron chi connectivity index (χ3n) is 5.17. The van der Waals surface area contributed by atoms with Gasteiger partial charge in [-0.3, -0.25) is 24.2 Å². The molecule has 0 aromatic heterocycles. The number of hydrogen-bond donors (Lipinski definition) is 1. The monoisotopic (exact) mass is 553 g/mol. The van der Waals surface area contributed by atoms with Crippen molar-refractivity contribution in [2.24, 2.45) is 4.99 Å². The molecule has 0 bridgehead atoms. The number of methoxy groups -OCH3 is 1. The van der Waals surface area contributed by atoms with Crippen LogP contribution in [0, 0.1) is 0 Å². The fourth-order valence-corrected chi connectivity index (χ4v) is 3.55. The standard InChI is InChI=1S/C25H31NO13/c1-13(27)34-12-20-21(36-14(2)28)22(37-15(3)29)23(38-16(4)30)25(39-20)35-11-19(24(31)32)26-10-17-6-8-18(33-5)9-7-17/h6-10,19-23,25H,11-12H2,1-5H3,(H,31,32)/b26-10+/t19-,20+,21+,22-,23+,25+/m0/s1. The molecule has 214 valence electrons. The number of hydrogen-bond acceptors (Lipinski definition) is 13. The molecule has 1 aromatic rings. The Labute approximate surface area is 224 Å². The highest BCUT2D eigenvalue weighted by molar-refractivity contribution is 5.83. The molecule has 0 amide bonds. The summed E-state index contributed by atoms with van der Waals surface area (Å²) in [6.07, 6.45) is -5.72. The maximum Gasteiger partial charge on any atom is 0.330 e. The van der Waals surface area contributed by atoms with E-state index in [1.807, 2.05) is 0 Å². The van der Waals surface area contributed by atoms with Gasteiger partial charge < -0.3 is 38.3 Å². The lowest BCUT2D eigenvalue weighted by molar-refractivity contribution is -0.308. The first-order valence-electron chi connectivity index (χ1n) is 11.7. The van der Waals surface area contributed by atoms with Crippen molar-refractivity contribution in [1.29, 1.82) is 0 Å². The second kappa shape index (κ2) is 14.8. The minimum atomic E-state index is -1.52. The molecule has 14 nitrogen and oxygen atoms in total. The first kappa shape index (κ1) is 31.2. The minimum Gasteiger partial charge on any atom is -0.497 e. The smallest absolute Gasteiger partial charge is 0.330 e. The molecule has 14 heteroatoms. The van der Waals surface area contributed by atoms with E-state index in [1.165, 1.54) is 13.3 Å². The number of benzene rings is 1. The largest absolute Gasteiger partial charge is 0.497 e. The van der Waals surface area contributed by atoms with Gasteiger partial charge in [0, 0.05) is 33.9 Å². The highest BCUT2D eigenvalue weighted by Crippen LogP contribution is 2.30. The second-order valence-electron chi connectivity index (χ2n) is 8.31. The minimum absolute atomic E-state index is 0.449. The molecule has 1 fully saturated rings. The third kappa shape index (κ3) is 9.98. The average Bonchev–Trinajstić information content (AvgIpc) is 2.85. The summed E-state index contributed by atoms with van der Waals surface area (Å²) < 4.78 is 37.4. The van der Waals surface area contributed by atoms with E-state index in [1.54, 1.807) is 24.3 Å². The first-order valence-corrected chi connectivity index (χ1v) is 11.7. The molecule has 2 rings (SSSR count). The molecule has 1 aliphatic heterocycles. The van der Waals surface area contributed by atoms with Gasteiger partial charge in [0.2, 0.25) is 0 Å². The zero-order chi connectivity index (χ0) is 29.1. The SMILES string of the molecule is COc1ccc(/C=N/[C@@H](CO[C@@H]2O[C@H](COC(C)=O)[C@@H](OC(C)=O)[C@H](OC(C)=O)[C@H]2OC(C)=O)C(=O)O)cc1. The van der Waals surface area contributed by atoms with Crippen molar-refractivity contribution >= 4 is 36.1 Å². The van der Waals surface area contributed by atoms with E-state index >= 15 is 0 Å². The number of rotatable bonds is 12. The summed E-state index contributed by atoms with van der Waals surface area (Å²) in [6.45, 7) is 3.38. The lowest BCUT2D eigenvalue weighted by atomic mass is 9.98. The van der Waals surface area contributed by atoms with Crippen LogP contribution in [0.2, 0.25) is 0 Å². The van der Waals surface area contributed by atoms with E-state index in [-0.39, 0.29) is 0 Å². The maximum atomic E-state index is 11.9. The quantitative estimate of drug-likeness (QED) is 0.217. The van der Waals surface area contributed by atoms with Crippen LogP contribution in [0.4, 0.5) is 0 Å². The number of carbonyl (C=O) groups excluding carboxylic acids is 4. The third-order valence-corrected chi connectivity index (χ3v) is 5.17. The van der Waals surface area contributed by atoms with Gasteiger partial charge >= 0.3 is 29.8 Å². The fraction of sp³-hybridized carbons (Fsp3) is 0.520. The summed E-state index contributed by atoms with van der Waals surface area (Å²) in [6, 6.07) is 5.26. The summed E-state index contributed by atoms with van der Waals surface area (Å²) >= 11 is 0. The average molecular weight is 554 g/mol. The van der Waals surface area contributed by atoms with Crippen LogP contribution in [0.5, 0.6) is 5.75 Å². The summed E-state index contributed by atoms with van der Waals surface area (Å²) in [5, 5.41) is 9.66. The predicted octanol–water partition coefficient (Wildman–Crippen LogP) is 0.667. The Hall–Kier alpha value is -4.04. The molecule has 0 unspecified atom stereocenters. The van der Waals surface area contributed by atoms with Crippen molar-refractivity contribution in [2.75, 3.05) is 20.3 Å². The molecular formula is C25H31NO13. The van der Waals surface area contributed by atoms with Crippen LogP contribution in [0.1, 0.15) is 33.3 Å². The lowest BCUT2D eigenvalue weighted by Gasteiger charge is -2.44. The Morgan fingerprint density at radius 1 is 0.897 bits per heavy atom. The Bertz CT molecular complexity index is 1050. The Balaban J connectivity index is 2.33. The van der Waals surface area contributed by atoms with Gasteiger partial charge in [-0.1, -0.05) is 0 Å². The number of esters is 4. The van der Waals surface area contributed by atoms with E-state index in [4.69, 9.17) is 33.2 Å². The van der Waals surface area contributed by atoms with Crippen molar-refractivity contribution in [3.63, 3.8) is 0 Å². The molecule has 1 aliphatic rings. The summed E-state index contributed by atoms with van der Waals surface area (Å²) in [5.74, 6) is -3.81. The van der Waals surface area contributed by atoms with E-state index in [2.05, 4.69) is 4.99 Å². The second-order valence-corrected chi connectivity index (χ2v) is 8.31. The summed E-state index contributed by atoms with van der Waals surface area (Å²) in [4.78, 5) is 62.9. The van der Waals surface area contributed by atoms with Crippen molar-refractivity contribution in [1.82, 2.24) is 0 Å². The Morgan fingerprint density at radius 2 is 1.46 bits per heavy atom. The molecule has 39 heavy (non-hydrogen) atoms. The Morgan fingerprint density at radius 3 is 1.97 bits per heavy atom. The fourth-order valence-electron chi connectivity index (χ4n) is 3.55. The number of carboxylic acids is 1. The van der Waals surface area contributed by atoms with Crippen LogP contribution in [-0.2, 0) is 52.4 Å². The Kier molecular flexibility index (Phi) is 11.8. The molecule has 6 atom stereocenters. The predicted molar refractivity (Wildman–Crippen MR) is 130 cm³/mol. The number of carbonyl (C=O) groups is 5. The van der Waals surface area contributed by atoms with Crippen LogP contribution in [0.15, 0.2) is 29.3 Å². The van der Waals surface area contributed by atoms with E-state index in [9.17, 15) is 29.1 Å². The molecule has 1 N–H and O–H groups in total. The molecule has 1 heterocycles. The van der Waals surface area contributed by atoms with Crippen LogP contribution < -0.4 is 4.74 Å². The van der Waals surface area contributed by atoms with Gasteiger partial charge in [-0.25, -0.2) is 4.79 Å². The van der Waals surface area contributed by atoms with Gasteiger partial charge in [0.25, 0.3) is 0 Å². The maximum absolute atomic E-state index is 11.9. The molecule has 0 saturated carbocycles. The molecule has 1 saturated heterocycles. The number of aliphatic carboxylic acids is 1. The highest BCUT2D eigenvalue weighted by Gasteiger charge is 2.53. The summed E-state index contributed by atoms with van der Waals surface area (Å²) in [5.41, 5.74) is 0.592. The van der Waals surface area contributed by atoms with Gasteiger partial charge in [-0.2, -0.15) is 0 Å². The van der Waals surface area contributed by atoms with E-state index in [0.29, 0.717) is 11.3 Å². The number of nitrogens with zero attached hydrogens (tertiary/aromatic N) is 1. The van der Waals surface area contributed by atoms with Crippen LogP contribution in [0.3, 0.4) is 0 Å². The van der Waals surface area contributed by atoms with Gasteiger partial charge in [0.05, 0.1) is 13.7 Å². The van der Waals surface area contributed by atoms with Gasteiger partial charge in [-0.15, -0.1) is 0 Å². The molecule has 0 aliphatic carbocycles. The van der Waals surface area contributed by atoms with Crippen LogP contribution in [-0.4, -0.2) is 98.2 Å². The normalized spacial score (nSPS) is 23.4.